The van der Waals surface area contributed by atoms with Gasteiger partial charge in [-0.25, -0.2) is 0 Å². The van der Waals surface area contributed by atoms with Crippen molar-refractivity contribution in [3.8, 4) is 0 Å². The van der Waals surface area contributed by atoms with E-state index < -0.39 is 0 Å². The average molecular weight is 245 g/mol. The summed E-state index contributed by atoms with van der Waals surface area (Å²) in [4.78, 5) is 6.09. The van der Waals surface area contributed by atoms with Gasteiger partial charge in [0.25, 0.3) is 0 Å². The van der Waals surface area contributed by atoms with E-state index in [1.807, 2.05) is 44.0 Å². The molecule has 0 saturated carbocycles. The van der Waals surface area contributed by atoms with Crippen molar-refractivity contribution < 1.29 is 5.11 Å². The molecular weight excluding hydrogens is 226 g/mol. The monoisotopic (exact) mass is 245 g/mol. The number of nitrogens with two attached hydrogens (primary N) is 1. The number of hydrogen-bond donors (Lipinski definition) is 2. The summed E-state index contributed by atoms with van der Waals surface area (Å²) in [6.45, 7) is 4.02. The molecule has 0 unspecified atom stereocenters. The summed E-state index contributed by atoms with van der Waals surface area (Å²) in [7, 11) is 1.94. The van der Waals surface area contributed by atoms with Gasteiger partial charge in [-0.15, -0.1) is 0 Å². The normalized spacial score (nSPS) is 11.8. The number of likely N-dealkylation sites (N-methyl/N-ethyl adjacent to an activating group) is 1. The first-order valence-electron chi connectivity index (χ1n) is 5.94. The molecule has 0 aliphatic carbocycles. The molecule has 0 aliphatic rings. The molecule has 96 valence electrons. The highest BCUT2D eigenvalue weighted by Gasteiger charge is 2.24. The first kappa shape index (κ1) is 12.6. The predicted octanol–water partition coefficient (Wildman–Crippen LogP) is 2.02. The molecule has 3 N–H and O–H groups in total. The Morgan fingerprint density at radius 1 is 1.33 bits per heavy atom. The molecule has 1 aromatic heterocycles. The van der Waals surface area contributed by atoms with E-state index in [-0.39, 0.29) is 12.1 Å². The third-order valence-electron chi connectivity index (χ3n) is 3.50. The lowest BCUT2D eigenvalue weighted by molar-refractivity contribution is 0.216. The Bertz CT molecular complexity index is 566. The Kier molecular flexibility index (Phi) is 3.13. The molecule has 0 radical (unpaired) electrons. The van der Waals surface area contributed by atoms with E-state index >= 15 is 0 Å². The van der Waals surface area contributed by atoms with Crippen molar-refractivity contribution in [1.29, 1.82) is 0 Å². The highest BCUT2D eigenvalue weighted by molar-refractivity contribution is 5.98. The van der Waals surface area contributed by atoms with E-state index in [0.717, 1.165) is 22.1 Å². The molecule has 2 rings (SSSR count). The summed E-state index contributed by atoms with van der Waals surface area (Å²) in [6.07, 6.45) is 3.53. The van der Waals surface area contributed by atoms with Crippen LogP contribution >= 0.6 is 0 Å². The van der Waals surface area contributed by atoms with Crippen LogP contribution in [0.25, 0.3) is 10.8 Å². The Hall–Kier alpha value is -1.81. The van der Waals surface area contributed by atoms with Crippen molar-refractivity contribution in [2.45, 2.75) is 19.4 Å². The average Bonchev–Trinajstić information content (AvgIpc) is 2.39. The van der Waals surface area contributed by atoms with Crippen LogP contribution in [0.1, 0.15) is 13.8 Å². The maximum absolute atomic E-state index is 9.44. The van der Waals surface area contributed by atoms with Crippen molar-refractivity contribution in [3.05, 3.63) is 30.6 Å². The number of hydrogen-bond acceptors (Lipinski definition) is 4. The van der Waals surface area contributed by atoms with Gasteiger partial charge in [-0.2, -0.15) is 0 Å². The van der Waals surface area contributed by atoms with E-state index in [2.05, 4.69) is 4.98 Å². The molecule has 4 nitrogen and oxygen atoms in total. The number of rotatable bonds is 3. The van der Waals surface area contributed by atoms with E-state index in [9.17, 15) is 5.11 Å². The molecule has 2 aromatic rings. The largest absolute Gasteiger partial charge is 0.397 e. The number of nitrogen functional groups attached to an aromatic ring is 1. The second kappa shape index (κ2) is 4.46. The van der Waals surface area contributed by atoms with Crippen molar-refractivity contribution in [2.75, 3.05) is 24.3 Å². The first-order chi connectivity index (χ1) is 8.47. The molecular formula is C14H19N3O. The second-order valence-electron chi connectivity index (χ2n) is 5.12. The standard InChI is InChI=1S/C14H19N3O/c1-14(2,9-18)17(3)12-5-4-10-8-16-7-6-11(10)13(12)15/h4-8,18H,9,15H2,1-3H3. The van der Waals surface area contributed by atoms with Crippen LogP contribution in [-0.2, 0) is 0 Å². The Morgan fingerprint density at radius 2 is 2.06 bits per heavy atom. The molecule has 4 heteroatoms. The lowest BCUT2D eigenvalue weighted by Crippen LogP contribution is -2.44. The minimum atomic E-state index is -0.352. The number of fused-ring (bicyclic) bond motifs is 1. The number of aliphatic hydroxyl groups is 1. The fraction of sp³-hybridized carbons (Fsp3) is 0.357. The maximum atomic E-state index is 9.44. The minimum absolute atomic E-state index is 0.0668. The van der Waals surface area contributed by atoms with E-state index in [4.69, 9.17) is 5.73 Å². The van der Waals surface area contributed by atoms with Crippen LogP contribution < -0.4 is 10.6 Å². The van der Waals surface area contributed by atoms with Crippen molar-refractivity contribution >= 4 is 22.1 Å². The SMILES string of the molecule is CN(c1ccc2cnccc2c1N)C(C)(C)CO. The summed E-state index contributed by atoms with van der Waals surface area (Å²) in [5.74, 6) is 0. The van der Waals surface area contributed by atoms with Gasteiger partial charge in [-0.1, -0.05) is 6.07 Å². The Labute approximate surface area is 107 Å². The van der Waals surface area contributed by atoms with Gasteiger partial charge in [-0.3, -0.25) is 4.98 Å². The summed E-state index contributed by atoms with van der Waals surface area (Å²) in [6, 6.07) is 5.88. The van der Waals surface area contributed by atoms with E-state index in [0.29, 0.717) is 0 Å². The van der Waals surface area contributed by atoms with Crippen LogP contribution in [0.3, 0.4) is 0 Å². The highest BCUT2D eigenvalue weighted by atomic mass is 16.3. The molecule has 0 spiro atoms. The van der Waals surface area contributed by atoms with Crippen molar-refractivity contribution in [3.63, 3.8) is 0 Å². The highest BCUT2D eigenvalue weighted by Crippen LogP contribution is 2.33. The van der Waals surface area contributed by atoms with Gasteiger partial charge in [0.15, 0.2) is 0 Å². The predicted molar refractivity (Wildman–Crippen MR) is 75.7 cm³/mol. The van der Waals surface area contributed by atoms with Gasteiger partial charge in [-0.05, 0) is 26.0 Å². The number of benzene rings is 1. The molecule has 0 saturated heterocycles. The maximum Gasteiger partial charge on any atom is 0.0658 e. The third-order valence-corrected chi connectivity index (χ3v) is 3.50. The fourth-order valence-electron chi connectivity index (χ4n) is 1.91. The number of anilines is 2. The Balaban J connectivity index is 2.56. The molecule has 0 bridgehead atoms. The summed E-state index contributed by atoms with van der Waals surface area (Å²) in [5.41, 5.74) is 7.51. The lowest BCUT2D eigenvalue weighted by atomic mass is 10.0. The zero-order chi connectivity index (χ0) is 13.3. The van der Waals surface area contributed by atoms with Crippen LogP contribution in [0.15, 0.2) is 30.6 Å². The zero-order valence-corrected chi connectivity index (χ0v) is 11.0. The molecule has 0 amide bonds. The molecule has 18 heavy (non-hydrogen) atoms. The molecule has 0 fully saturated rings. The van der Waals surface area contributed by atoms with Crippen LogP contribution in [0.5, 0.6) is 0 Å². The van der Waals surface area contributed by atoms with E-state index in [1.165, 1.54) is 0 Å². The van der Waals surface area contributed by atoms with Gasteiger partial charge < -0.3 is 15.7 Å². The Morgan fingerprint density at radius 3 is 2.72 bits per heavy atom. The van der Waals surface area contributed by atoms with Crippen molar-refractivity contribution in [1.82, 2.24) is 4.98 Å². The minimum Gasteiger partial charge on any atom is -0.397 e. The summed E-state index contributed by atoms with van der Waals surface area (Å²) >= 11 is 0. The second-order valence-corrected chi connectivity index (χ2v) is 5.12. The molecule has 1 aromatic carbocycles. The first-order valence-corrected chi connectivity index (χ1v) is 5.94. The van der Waals surface area contributed by atoms with Crippen LogP contribution in [-0.4, -0.2) is 29.3 Å². The third kappa shape index (κ3) is 1.99. The number of aliphatic hydroxyl groups excluding tert-OH is 1. The molecule has 1 heterocycles. The lowest BCUT2D eigenvalue weighted by Gasteiger charge is -2.36. The summed E-state index contributed by atoms with van der Waals surface area (Å²) in [5, 5.41) is 11.4. The van der Waals surface area contributed by atoms with Gasteiger partial charge in [0, 0.05) is 30.2 Å². The molecule has 0 atom stereocenters. The summed E-state index contributed by atoms with van der Waals surface area (Å²) < 4.78 is 0. The van der Waals surface area contributed by atoms with Gasteiger partial charge in [0.2, 0.25) is 0 Å². The van der Waals surface area contributed by atoms with Gasteiger partial charge in [0.05, 0.1) is 23.5 Å². The number of aromatic nitrogens is 1. The van der Waals surface area contributed by atoms with Crippen LogP contribution in [0, 0.1) is 0 Å². The van der Waals surface area contributed by atoms with Crippen LogP contribution in [0.4, 0.5) is 11.4 Å². The number of pyridine rings is 1. The smallest absolute Gasteiger partial charge is 0.0658 e. The molecule has 0 aliphatic heterocycles. The number of nitrogens with zero attached hydrogens (tertiary/aromatic N) is 2. The zero-order valence-electron chi connectivity index (χ0n) is 11.0. The van der Waals surface area contributed by atoms with Crippen molar-refractivity contribution in [2.24, 2.45) is 0 Å². The van der Waals surface area contributed by atoms with Crippen LogP contribution in [0.2, 0.25) is 0 Å². The fourth-order valence-corrected chi connectivity index (χ4v) is 1.91. The quantitative estimate of drug-likeness (QED) is 0.812. The van der Waals surface area contributed by atoms with Gasteiger partial charge >= 0.3 is 0 Å². The van der Waals surface area contributed by atoms with E-state index in [1.54, 1.807) is 12.4 Å². The topological polar surface area (TPSA) is 62.4 Å². The van der Waals surface area contributed by atoms with Gasteiger partial charge in [0.1, 0.15) is 0 Å².